The summed E-state index contributed by atoms with van der Waals surface area (Å²) in [7, 11) is -0.619. The second-order valence-electron chi connectivity index (χ2n) is 7.41. The number of nitrogens with one attached hydrogen (secondary N) is 1. The summed E-state index contributed by atoms with van der Waals surface area (Å²) < 4.78 is 26.2. The standard InChI is InChI=1S/C17H25BFNO3/c1-10(2)20-15(21)12-9-13(11(3)8-14(12)19)18-22-16(4,5)17(6,7)23-18/h8-10H,1-7H3,(H,20,21). The highest BCUT2D eigenvalue weighted by Crippen LogP contribution is 2.36. The van der Waals surface area contributed by atoms with Crippen LogP contribution in [0.1, 0.15) is 57.5 Å². The molecule has 1 aliphatic rings. The van der Waals surface area contributed by atoms with Crippen LogP contribution in [0.4, 0.5) is 4.39 Å². The third kappa shape index (κ3) is 3.43. The predicted octanol–water partition coefficient (Wildman–Crippen LogP) is 2.57. The quantitative estimate of drug-likeness (QED) is 0.871. The van der Waals surface area contributed by atoms with E-state index in [0.717, 1.165) is 0 Å². The zero-order valence-electron chi connectivity index (χ0n) is 14.9. The van der Waals surface area contributed by atoms with E-state index in [9.17, 15) is 9.18 Å². The number of aryl methyl sites for hydroxylation is 1. The molecule has 1 aromatic carbocycles. The number of carbonyl (C=O) groups is 1. The molecule has 4 nitrogen and oxygen atoms in total. The van der Waals surface area contributed by atoms with Gasteiger partial charge in [0.25, 0.3) is 5.91 Å². The molecule has 0 radical (unpaired) electrons. The molecule has 0 unspecified atom stereocenters. The molecule has 0 aromatic heterocycles. The number of hydrogen-bond acceptors (Lipinski definition) is 3. The van der Waals surface area contributed by atoms with Gasteiger partial charge in [-0.25, -0.2) is 4.39 Å². The van der Waals surface area contributed by atoms with E-state index in [1.165, 1.54) is 12.1 Å². The molecule has 1 aromatic rings. The molecule has 126 valence electrons. The van der Waals surface area contributed by atoms with Crippen molar-refractivity contribution >= 4 is 18.5 Å². The molecule has 0 bridgehead atoms. The van der Waals surface area contributed by atoms with E-state index in [1.54, 1.807) is 6.92 Å². The Morgan fingerprint density at radius 3 is 2.17 bits per heavy atom. The van der Waals surface area contributed by atoms with E-state index in [2.05, 4.69) is 5.32 Å². The van der Waals surface area contributed by atoms with E-state index in [0.29, 0.717) is 11.0 Å². The van der Waals surface area contributed by atoms with Gasteiger partial charge in [0, 0.05) is 6.04 Å². The lowest BCUT2D eigenvalue weighted by Gasteiger charge is -2.32. The minimum absolute atomic E-state index is 0.00834. The molecule has 1 saturated heterocycles. The van der Waals surface area contributed by atoms with Crippen LogP contribution >= 0.6 is 0 Å². The first-order valence-electron chi connectivity index (χ1n) is 7.91. The lowest BCUT2D eigenvalue weighted by atomic mass is 9.75. The first kappa shape index (κ1) is 18.0. The maximum Gasteiger partial charge on any atom is 0.495 e. The number of halogens is 1. The summed E-state index contributed by atoms with van der Waals surface area (Å²) in [5.41, 5.74) is 0.410. The zero-order valence-corrected chi connectivity index (χ0v) is 14.9. The van der Waals surface area contributed by atoms with E-state index >= 15 is 0 Å². The van der Waals surface area contributed by atoms with Crippen LogP contribution in [-0.2, 0) is 9.31 Å². The Balaban J connectivity index is 2.39. The molecule has 1 aliphatic heterocycles. The van der Waals surface area contributed by atoms with Crippen molar-refractivity contribution < 1.29 is 18.5 Å². The van der Waals surface area contributed by atoms with E-state index in [4.69, 9.17) is 9.31 Å². The maximum atomic E-state index is 14.2. The zero-order chi connectivity index (χ0) is 17.6. The summed E-state index contributed by atoms with van der Waals surface area (Å²) >= 11 is 0. The van der Waals surface area contributed by atoms with Crippen LogP contribution in [0.15, 0.2) is 12.1 Å². The molecule has 0 aliphatic carbocycles. The fourth-order valence-electron chi connectivity index (χ4n) is 2.43. The van der Waals surface area contributed by atoms with Gasteiger partial charge in [-0.15, -0.1) is 0 Å². The predicted molar refractivity (Wildman–Crippen MR) is 89.5 cm³/mol. The minimum atomic E-state index is -0.619. The summed E-state index contributed by atoms with van der Waals surface area (Å²) in [4.78, 5) is 12.2. The molecular weight excluding hydrogens is 296 g/mol. The summed E-state index contributed by atoms with van der Waals surface area (Å²) in [6.07, 6.45) is 0. The van der Waals surface area contributed by atoms with Crippen molar-refractivity contribution in [1.82, 2.24) is 5.32 Å². The normalized spacial score (nSPS) is 19.3. The molecule has 1 N–H and O–H groups in total. The van der Waals surface area contributed by atoms with Crippen LogP contribution in [0.5, 0.6) is 0 Å². The highest BCUT2D eigenvalue weighted by atomic mass is 19.1. The Labute approximate surface area is 137 Å². The maximum absolute atomic E-state index is 14.2. The van der Waals surface area contributed by atoms with Gasteiger partial charge in [-0.2, -0.15) is 0 Å². The van der Waals surface area contributed by atoms with Crippen molar-refractivity contribution in [1.29, 1.82) is 0 Å². The Bertz CT molecular complexity index is 613. The first-order valence-corrected chi connectivity index (χ1v) is 7.91. The molecule has 0 spiro atoms. The molecule has 6 heteroatoms. The lowest BCUT2D eigenvalue weighted by molar-refractivity contribution is 0.00578. The van der Waals surface area contributed by atoms with Crippen molar-refractivity contribution in [3.63, 3.8) is 0 Å². The summed E-state index contributed by atoms with van der Waals surface area (Å²) in [6.45, 7) is 13.3. The monoisotopic (exact) mass is 321 g/mol. The van der Waals surface area contributed by atoms with Gasteiger partial charge in [-0.05, 0) is 71.6 Å². The largest absolute Gasteiger partial charge is 0.495 e. The average Bonchev–Trinajstić information content (AvgIpc) is 2.56. The van der Waals surface area contributed by atoms with Crippen LogP contribution in [-0.4, -0.2) is 30.3 Å². The van der Waals surface area contributed by atoms with Crippen molar-refractivity contribution in [2.24, 2.45) is 0 Å². The smallest absolute Gasteiger partial charge is 0.399 e. The SMILES string of the molecule is Cc1cc(F)c(C(=O)NC(C)C)cc1B1OC(C)(C)C(C)(C)O1. The fraction of sp³-hybridized carbons (Fsp3) is 0.588. The first-order chi connectivity index (χ1) is 10.4. The highest BCUT2D eigenvalue weighted by Gasteiger charge is 2.52. The molecule has 2 rings (SSSR count). The Hall–Kier alpha value is -1.40. The van der Waals surface area contributed by atoms with Gasteiger partial charge in [0.15, 0.2) is 0 Å². The topological polar surface area (TPSA) is 47.6 Å². The molecule has 23 heavy (non-hydrogen) atoms. The van der Waals surface area contributed by atoms with E-state index in [1.807, 2.05) is 41.5 Å². The lowest BCUT2D eigenvalue weighted by Crippen LogP contribution is -2.41. The van der Waals surface area contributed by atoms with Gasteiger partial charge in [-0.1, -0.05) is 0 Å². The number of hydrogen-bond donors (Lipinski definition) is 1. The van der Waals surface area contributed by atoms with Crippen molar-refractivity contribution in [2.45, 2.75) is 65.7 Å². The average molecular weight is 321 g/mol. The van der Waals surface area contributed by atoms with E-state index in [-0.39, 0.29) is 11.6 Å². The number of rotatable bonds is 3. The van der Waals surface area contributed by atoms with Crippen molar-refractivity contribution in [3.8, 4) is 0 Å². The van der Waals surface area contributed by atoms with Gasteiger partial charge in [0.05, 0.1) is 16.8 Å². The van der Waals surface area contributed by atoms with Gasteiger partial charge in [-0.3, -0.25) is 4.79 Å². The van der Waals surface area contributed by atoms with Crippen LogP contribution < -0.4 is 10.8 Å². The number of carbonyl (C=O) groups excluding carboxylic acids is 1. The number of amides is 1. The second-order valence-corrected chi connectivity index (χ2v) is 7.41. The van der Waals surface area contributed by atoms with Crippen LogP contribution in [0.2, 0.25) is 0 Å². The van der Waals surface area contributed by atoms with Gasteiger partial charge in [0.1, 0.15) is 5.82 Å². The van der Waals surface area contributed by atoms with Gasteiger partial charge in [0.2, 0.25) is 0 Å². The van der Waals surface area contributed by atoms with Gasteiger partial charge >= 0.3 is 7.12 Å². The molecule has 1 heterocycles. The Kier molecular flexibility index (Phi) is 4.61. The summed E-state index contributed by atoms with van der Waals surface area (Å²) in [6, 6.07) is 2.82. The Morgan fingerprint density at radius 1 is 1.17 bits per heavy atom. The van der Waals surface area contributed by atoms with Crippen molar-refractivity contribution in [2.75, 3.05) is 0 Å². The highest BCUT2D eigenvalue weighted by molar-refractivity contribution is 6.62. The molecule has 1 fully saturated rings. The number of benzene rings is 1. The van der Waals surface area contributed by atoms with Gasteiger partial charge < -0.3 is 14.6 Å². The third-order valence-electron chi connectivity index (χ3n) is 4.53. The second kappa shape index (κ2) is 5.91. The van der Waals surface area contributed by atoms with Crippen molar-refractivity contribution in [3.05, 3.63) is 29.1 Å². The van der Waals surface area contributed by atoms with Crippen LogP contribution in [0.3, 0.4) is 0 Å². The summed E-state index contributed by atoms with van der Waals surface area (Å²) in [5.74, 6) is -0.976. The minimum Gasteiger partial charge on any atom is -0.399 e. The summed E-state index contributed by atoms with van der Waals surface area (Å²) in [5, 5.41) is 2.71. The van der Waals surface area contributed by atoms with Crippen LogP contribution in [0, 0.1) is 12.7 Å². The van der Waals surface area contributed by atoms with E-state index < -0.39 is 30.0 Å². The Morgan fingerprint density at radius 2 is 1.70 bits per heavy atom. The molecule has 1 amide bonds. The fourth-order valence-corrected chi connectivity index (χ4v) is 2.43. The van der Waals surface area contributed by atoms with Crippen LogP contribution in [0.25, 0.3) is 0 Å². The molecule has 0 saturated carbocycles. The third-order valence-corrected chi connectivity index (χ3v) is 4.53. The molecule has 0 atom stereocenters. The molecular formula is C17H25BFNO3.